The van der Waals surface area contributed by atoms with Crippen LogP contribution in [0.15, 0.2) is 164 Å². The molecular formula is C42H31O2P. The second-order valence-corrected chi connectivity index (χ2v) is 14.3. The van der Waals surface area contributed by atoms with E-state index in [1.54, 1.807) is 0 Å². The Hall–Kier alpha value is -5.17. The van der Waals surface area contributed by atoms with Crippen molar-refractivity contribution in [2.75, 3.05) is 0 Å². The molecule has 0 saturated heterocycles. The minimum atomic E-state index is -3.46. The molecule has 7 aromatic carbocycles. The van der Waals surface area contributed by atoms with Gasteiger partial charge in [0.2, 0.25) is 0 Å². The van der Waals surface area contributed by atoms with Crippen LogP contribution < -0.4 is 20.7 Å². The number of benzene rings is 7. The van der Waals surface area contributed by atoms with Gasteiger partial charge in [-0.25, -0.2) is 0 Å². The van der Waals surface area contributed by atoms with Crippen molar-refractivity contribution in [2.24, 2.45) is 0 Å². The first-order valence-electron chi connectivity index (χ1n) is 15.3. The molecule has 1 heterocycles. The van der Waals surface area contributed by atoms with Gasteiger partial charge in [0.1, 0.15) is 5.75 Å². The molecule has 45 heavy (non-hydrogen) atoms. The summed E-state index contributed by atoms with van der Waals surface area (Å²) in [6.45, 7) is 2.12. The first kappa shape index (κ1) is 27.4. The highest BCUT2D eigenvalue weighted by atomic mass is 31.2. The van der Waals surface area contributed by atoms with E-state index in [9.17, 15) is 0 Å². The second kappa shape index (κ2) is 11.1. The molecule has 0 spiro atoms. The Balaban J connectivity index is 1.65. The van der Waals surface area contributed by atoms with Crippen LogP contribution in [0.3, 0.4) is 0 Å². The Kier molecular flexibility index (Phi) is 6.74. The summed E-state index contributed by atoms with van der Waals surface area (Å²) >= 11 is 0. The Morgan fingerprint density at radius 1 is 0.556 bits per heavy atom. The maximum absolute atomic E-state index is 16.5. The van der Waals surface area contributed by atoms with E-state index in [1.807, 2.05) is 66.7 Å². The van der Waals surface area contributed by atoms with E-state index in [-0.39, 0.29) is 0 Å². The van der Waals surface area contributed by atoms with Crippen molar-refractivity contribution in [2.45, 2.75) is 13.0 Å². The highest BCUT2D eigenvalue weighted by Crippen LogP contribution is 2.56. The van der Waals surface area contributed by atoms with Crippen molar-refractivity contribution in [3.05, 3.63) is 180 Å². The fourth-order valence-electron chi connectivity index (χ4n) is 6.89. The van der Waals surface area contributed by atoms with Crippen LogP contribution in [-0.2, 0) is 4.57 Å². The van der Waals surface area contributed by atoms with E-state index in [0.29, 0.717) is 0 Å². The molecule has 0 bridgehead atoms. The fourth-order valence-corrected chi connectivity index (χ4v) is 9.99. The zero-order valence-electron chi connectivity index (χ0n) is 24.9. The maximum Gasteiger partial charge on any atom is 0.172 e. The lowest BCUT2D eigenvalue weighted by molar-refractivity contribution is 0.245. The summed E-state index contributed by atoms with van der Waals surface area (Å²) < 4.78 is 23.5. The number of hydrogen-bond acceptors (Lipinski definition) is 2. The topological polar surface area (TPSA) is 26.3 Å². The third-order valence-electron chi connectivity index (χ3n) is 8.86. The average molecular weight is 599 g/mol. The average Bonchev–Trinajstić information content (AvgIpc) is 3.11. The van der Waals surface area contributed by atoms with E-state index in [0.717, 1.165) is 71.4 Å². The van der Waals surface area contributed by atoms with Gasteiger partial charge in [-0.15, -0.1) is 0 Å². The van der Waals surface area contributed by atoms with Crippen LogP contribution >= 0.6 is 7.14 Å². The van der Waals surface area contributed by atoms with Crippen LogP contribution in [0.2, 0.25) is 0 Å². The number of ether oxygens (including phenoxy) is 1. The molecule has 0 amide bonds. The molecule has 1 aliphatic heterocycles. The summed E-state index contributed by atoms with van der Waals surface area (Å²) in [6, 6.07) is 55.8. The van der Waals surface area contributed by atoms with Gasteiger partial charge >= 0.3 is 0 Å². The van der Waals surface area contributed by atoms with E-state index >= 15 is 4.57 Å². The Morgan fingerprint density at radius 3 is 1.71 bits per heavy atom. The van der Waals surface area contributed by atoms with Crippen molar-refractivity contribution in [3.8, 4) is 28.0 Å². The van der Waals surface area contributed by atoms with Gasteiger partial charge in [-0.05, 0) is 46.5 Å². The predicted octanol–water partition coefficient (Wildman–Crippen LogP) is 9.60. The van der Waals surface area contributed by atoms with E-state index < -0.39 is 13.2 Å². The molecule has 1 aliphatic rings. The van der Waals surface area contributed by atoms with Crippen LogP contribution in [0.1, 0.15) is 22.8 Å². The Morgan fingerprint density at radius 2 is 1.09 bits per heavy atom. The van der Waals surface area contributed by atoms with Gasteiger partial charge in [-0.3, -0.25) is 0 Å². The van der Waals surface area contributed by atoms with E-state index in [1.165, 1.54) is 0 Å². The van der Waals surface area contributed by atoms with Crippen LogP contribution in [-0.4, -0.2) is 0 Å². The molecule has 0 aliphatic carbocycles. The van der Waals surface area contributed by atoms with Gasteiger partial charge < -0.3 is 9.30 Å². The molecule has 8 rings (SSSR count). The predicted molar refractivity (Wildman–Crippen MR) is 188 cm³/mol. The molecule has 7 aromatic rings. The minimum absolute atomic E-state index is 0.473. The van der Waals surface area contributed by atoms with Crippen molar-refractivity contribution >= 4 is 33.8 Å². The third-order valence-corrected chi connectivity index (χ3v) is 12.0. The highest BCUT2D eigenvalue weighted by molar-refractivity contribution is 7.85. The molecule has 0 saturated carbocycles. The van der Waals surface area contributed by atoms with Gasteiger partial charge in [-0.2, -0.15) is 0 Å². The molecule has 0 radical (unpaired) electrons. The van der Waals surface area contributed by atoms with Gasteiger partial charge in [0.05, 0.1) is 0 Å². The van der Waals surface area contributed by atoms with Crippen LogP contribution in [0.4, 0.5) is 0 Å². The summed E-state index contributed by atoms with van der Waals surface area (Å²) in [5, 5.41) is 4.50. The Labute approximate surface area is 264 Å². The Bertz CT molecular complexity index is 2170. The zero-order chi connectivity index (χ0) is 30.4. The van der Waals surface area contributed by atoms with Crippen molar-refractivity contribution in [1.29, 1.82) is 0 Å². The van der Waals surface area contributed by atoms with E-state index in [2.05, 4.69) is 104 Å². The molecule has 1 unspecified atom stereocenters. The van der Waals surface area contributed by atoms with Crippen LogP contribution in [0.25, 0.3) is 33.0 Å². The second-order valence-electron chi connectivity index (χ2n) is 11.6. The molecule has 2 nitrogen and oxygen atoms in total. The minimum Gasteiger partial charge on any atom is -0.480 e. The maximum atomic E-state index is 16.5. The number of fused-ring (bicyclic) bond motifs is 4. The lowest BCUT2D eigenvalue weighted by atomic mass is 9.81. The van der Waals surface area contributed by atoms with Gasteiger partial charge in [-0.1, -0.05) is 157 Å². The lowest BCUT2D eigenvalue weighted by Crippen LogP contribution is -2.32. The first-order valence-corrected chi connectivity index (χ1v) is 17.0. The summed E-state index contributed by atoms with van der Waals surface area (Å²) in [5.41, 5.74) is 7.49. The SMILES string of the molecule is Cc1ccc2c(c1)-c1c(c(P(=O)(c3ccccc3)c3ccccc3)c3ccccc3c1-c1ccccc1)C(c1ccccc1)O2. The monoisotopic (exact) mass is 598 g/mol. The third kappa shape index (κ3) is 4.45. The molecule has 216 valence electrons. The number of rotatable bonds is 5. The smallest absolute Gasteiger partial charge is 0.172 e. The van der Waals surface area contributed by atoms with Crippen molar-refractivity contribution in [3.63, 3.8) is 0 Å². The largest absolute Gasteiger partial charge is 0.480 e. The standard InChI is InChI=1S/C42H31O2P/c1-29-26-27-37-36(28-29)39-38(30-16-6-2-7-17-30)34-24-14-15-25-35(34)42(40(39)41(44-37)31-18-8-3-9-19-31)45(43,32-20-10-4-11-21-32)33-22-12-5-13-23-33/h2-28,41H,1H3. The molecule has 0 N–H and O–H groups in total. The normalized spacial score (nSPS) is 13.9. The summed E-state index contributed by atoms with van der Waals surface area (Å²) in [4.78, 5) is 0. The summed E-state index contributed by atoms with van der Waals surface area (Å²) in [5.74, 6) is 0.828. The number of hydrogen-bond donors (Lipinski definition) is 0. The van der Waals surface area contributed by atoms with Crippen LogP contribution in [0, 0.1) is 6.92 Å². The molecular weight excluding hydrogens is 567 g/mol. The highest BCUT2D eigenvalue weighted by Gasteiger charge is 2.41. The quantitative estimate of drug-likeness (QED) is 0.185. The summed E-state index contributed by atoms with van der Waals surface area (Å²) in [7, 11) is -3.46. The van der Waals surface area contributed by atoms with Gasteiger partial charge in [0, 0.05) is 32.6 Å². The van der Waals surface area contributed by atoms with Crippen molar-refractivity contribution < 1.29 is 9.30 Å². The lowest BCUT2D eigenvalue weighted by Gasteiger charge is -2.36. The molecule has 0 fully saturated rings. The van der Waals surface area contributed by atoms with Crippen molar-refractivity contribution in [1.82, 2.24) is 0 Å². The van der Waals surface area contributed by atoms with E-state index in [4.69, 9.17) is 4.74 Å². The molecule has 0 aromatic heterocycles. The summed E-state index contributed by atoms with van der Waals surface area (Å²) in [6.07, 6.45) is -0.473. The fraction of sp³-hybridized carbons (Fsp3) is 0.0476. The van der Waals surface area contributed by atoms with Crippen LogP contribution in [0.5, 0.6) is 5.75 Å². The van der Waals surface area contributed by atoms with Gasteiger partial charge in [0.25, 0.3) is 0 Å². The number of aryl methyl sites for hydroxylation is 1. The first-order chi connectivity index (χ1) is 22.1. The van der Waals surface area contributed by atoms with Gasteiger partial charge in [0.15, 0.2) is 13.2 Å². The molecule has 3 heteroatoms. The molecule has 1 atom stereocenters. The zero-order valence-corrected chi connectivity index (χ0v) is 25.8.